The third-order valence-corrected chi connectivity index (χ3v) is 1.82. The van der Waals surface area contributed by atoms with Crippen LogP contribution in [0.5, 0.6) is 0 Å². The largest absolute Gasteiger partial charge is 1.00 e. The van der Waals surface area contributed by atoms with Crippen LogP contribution >= 0.6 is 0 Å². The first kappa shape index (κ1) is 12.7. The number of carboxylic acid groups (broad SMARTS) is 1. The van der Waals surface area contributed by atoms with Crippen molar-refractivity contribution < 1.29 is 40.9 Å². The van der Waals surface area contributed by atoms with Crippen molar-refractivity contribution in [1.82, 2.24) is 0 Å². The quantitative estimate of drug-likeness (QED) is 0.643. The van der Waals surface area contributed by atoms with Crippen molar-refractivity contribution in [2.45, 2.75) is 19.8 Å². The van der Waals surface area contributed by atoms with Gasteiger partial charge in [-0.25, -0.2) is 4.79 Å². The molecule has 0 aliphatic rings. The van der Waals surface area contributed by atoms with E-state index in [-0.39, 0.29) is 31.0 Å². The van der Waals surface area contributed by atoms with E-state index in [1.165, 1.54) is 5.56 Å². The van der Waals surface area contributed by atoms with E-state index >= 15 is 0 Å². The van der Waals surface area contributed by atoms with Crippen molar-refractivity contribution in [2.24, 2.45) is 0 Å². The SMILES string of the molecule is CC(C)c1ccc(C(=O)O)cc1.[H-].[Na+]. The van der Waals surface area contributed by atoms with Gasteiger partial charge in [0.15, 0.2) is 0 Å². The van der Waals surface area contributed by atoms with Crippen LogP contribution in [0.15, 0.2) is 24.3 Å². The minimum atomic E-state index is -0.870. The predicted molar refractivity (Wildman–Crippen MR) is 48.6 cm³/mol. The van der Waals surface area contributed by atoms with Gasteiger partial charge in [-0.05, 0) is 23.6 Å². The van der Waals surface area contributed by atoms with E-state index in [0.717, 1.165) is 0 Å². The Bertz CT molecular complexity index is 283. The molecular formula is C10H13NaO2. The van der Waals surface area contributed by atoms with E-state index in [2.05, 4.69) is 13.8 Å². The van der Waals surface area contributed by atoms with Gasteiger partial charge in [-0.2, -0.15) is 0 Å². The van der Waals surface area contributed by atoms with E-state index < -0.39 is 5.97 Å². The molecule has 0 saturated heterocycles. The van der Waals surface area contributed by atoms with Crippen molar-refractivity contribution in [3.05, 3.63) is 35.4 Å². The fourth-order valence-electron chi connectivity index (χ4n) is 1.01. The fraction of sp³-hybridized carbons (Fsp3) is 0.300. The third-order valence-electron chi connectivity index (χ3n) is 1.82. The van der Waals surface area contributed by atoms with Crippen LogP contribution in [0.25, 0.3) is 0 Å². The van der Waals surface area contributed by atoms with Crippen LogP contribution in [0, 0.1) is 0 Å². The second-order valence-corrected chi connectivity index (χ2v) is 3.08. The number of hydrogen-bond donors (Lipinski definition) is 1. The molecule has 0 atom stereocenters. The second kappa shape index (κ2) is 5.43. The van der Waals surface area contributed by atoms with Gasteiger partial charge in [0.05, 0.1) is 5.56 Å². The molecule has 13 heavy (non-hydrogen) atoms. The van der Waals surface area contributed by atoms with Gasteiger partial charge in [0, 0.05) is 0 Å². The topological polar surface area (TPSA) is 37.3 Å². The molecule has 0 heterocycles. The summed E-state index contributed by atoms with van der Waals surface area (Å²) in [7, 11) is 0. The molecule has 0 aromatic heterocycles. The van der Waals surface area contributed by atoms with Crippen LogP contribution in [-0.4, -0.2) is 11.1 Å². The summed E-state index contributed by atoms with van der Waals surface area (Å²) in [5.41, 5.74) is 1.51. The maximum absolute atomic E-state index is 10.5. The van der Waals surface area contributed by atoms with Gasteiger partial charge in [-0.3, -0.25) is 0 Å². The zero-order chi connectivity index (χ0) is 9.14. The summed E-state index contributed by atoms with van der Waals surface area (Å²) in [6.45, 7) is 4.16. The van der Waals surface area contributed by atoms with Crippen LogP contribution in [0.1, 0.15) is 37.1 Å². The molecule has 0 fully saturated rings. The first-order valence-electron chi connectivity index (χ1n) is 3.94. The van der Waals surface area contributed by atoms with Crippen LogP contribution in [0.4, 0.5) is 0 Å². The van der Waals surface area contributed by atoms with Crippen molar-refractivity contribution in [3.8, 4) is 0 Å². The summed E-state index contributed by atoms with van der Waals surface area (Å²) >= 11 is 0. The summed E-state index contributed by atoms with van der Waals surface area (Å²) in [6.07, 6.45) is 0. The van der Waals surface area contributed by atoms with Crippen LogP contribution in [-0.2, 0) is 0 Å². The molecule has 0 aliphatic heterocycles. The van der Waals surface area contributed by atoms with Gasteiger partial charge < -0.3 is 6.53 Å². The molecule has 1 N–H and O–H groups in total. The average Bonchev–Trinajstić information content (AvgIpc) is 2.04. The zero-order valence-electron chi connectivity index (χ0n) is 9.24. The molecule has 1 aromatic carbocycles. The summed E-state index contributed by atoms with van der Waals surface area (Å²) < 4.78 is 0. The summed E-state index contributed by atoms with van der Waals surface area (Å²) in [4.78, 5) is 10.5. The van der Waals surface area contributed by atoms with Crippen LogP contribution in [0.3, 0.4) is 0 Å². The number of benzene rings is 1. The fourth-order valence-corrected chi connectivity index (χ4v) is 1.01. The molecule has 66 valence electrons. The molecule has 0 amide bonds. The molecule has 0 spiro atoms. The number of carbonyl (C=O) groups is 1. The first-order chi connectivity index (χ1) is 5.61. The summed E-state index contributed by atoms with van der Waals surface area (Å²) in [5.74, 6) is -0.418. The molecular weight excluding hydrogens is 175 g/mol. The minimum absolute atomic E-state index is 0. The van der Waals surface area contributed by atoms with Gasteiger partial charge >= 0.3 is 35.5 Å². The summed E-state index contributed by atoms with van der Waals surface area (Å²) in [5, 5.41) is 8.61. The molecule has 1 rings (SSSR count). The molecule has 0 bridgehead atoms. The predicted octanol–water partition coefficient (Wildman–Crippen LogP) is -0.375. The maximum Gasteiger partial charge on any atom is 1.00 e. The smallest absolute Gasteiger partial charge is 1.00 e. The molecule has 0 aliphatic carbocycles. The van der Waals surface area contributed by atoms with E-state index in [1.807, 2.05) is 12.1 Å². The second-order valence-electron chi connectivity index (χ2n) is 3.08. The van der Waals surface area contributed by atoms with Crippen molar-refractivity contribution in [3.63, 3.8) is 0 Å². The number of hydrogen-bond acceptors (Lipinski definition) is 1. The number of rotatable bonds is 2. The number of aromatic carboxylic acids is 1. The van der Waals surface area contributed by atoms with Crippen molar-refractivity contribution in [1.29, 1.82) is 0 Å². The van der Waals surface area contributed by atoms with E-state index in [9.17, 15) is 4.79 Å². The molecule has 0 radical (unpaired) electrons. The molecule has 3 heteroatoms. The molecule has 1 aromatic rings. The Morgan fingerprint density at radius 2 is 1.77 bits per heavy atom. The maximum atomic E-state index is 10.5. The third kappa shape index (κ3) is 3.51. The van der Waals surface area contributed by atoms with E-state index in [4.69, 9.17) is 5.11 Å². The Balaban J connectivity index is 0. The zero-order valence-corrected chi connectivity index (χ0v) is 10.2. The van der Waals surface area contributed by atoms with Gasteiger partial charge in [0.2, 0.25) is 0 Å². The van der Waals surface area contributed by atoms with Gasteiger partial charge in [-0.1, -0.05) is 26.0 Å². The molecule has 0 saturated carbocycles. The monoisotopic (exact) mass is 188 g/mol. The normalized spacial score (nSPS) is 9.46. The Kier molecular flexibility index (Phi) is 5.30. The first-order valence-corrected chi connectivity index (χ1v) is 3.94. The average molecular weight is 188 g/mol. The van der Waals surface area contributed by atoms with Gasteiger partial charge in [-0.15, -0.1) is 0 Å². The molecule has 0 unspecified atom stereocenters. The van der Waals surface area contributed by atoms with Crippen molar-refractivity contribution in [2.75, 3.05) is 0 Å². The minimum Gasteiger partial charge on any atom is -1.00 e. The van der Waals surface area contributed by atoms with Gasteiger partial charge in [0.25, 0.3) is 0 Å². The standard InChI is InChI=1S/C10H12O2.Na.H/c1-7(2)8-3-5-9(6-4-8)10(11)12;;/h3-7H,1-2H3,(H,11,12);;/q;+1;-1. The number of carboxylic acids is 1. The molecule has 2 nitrogen and oxygen atoms in total. The Morgan fingerprint density at radius 1 is 1.31 bits per heavy atom. The Labute approximate surface area is 102 Å². The van der Waals surface area contributed by atoms with E-state index in [1.54, 1.807) is 12.1 Å². The van der Waals surface area contributed by atoms with Gasteiger partial charge in [0.1, 0.15) is 0 Å². The van der Waals surface area contributed by atoms with E-state index in [0.29, 0.717) is 11.5 Å². The van der Waals surface area contributed by atoms with Crippen LogP contribution < -0.4 is 29.6 Å². The Morgan fingerprint density at radius 3 is 2.08 bits per heavy atom. The van der Waals surface area contributed by atoms with Crippen molar-refractivity contribution >= 4 is 5.97 Å². The van der Waals surface area contributed by atoms with Crippen LogP contribution in [0.2, 0.25) is 0 Å². The summed E-state index contributed by atoms with van der Waals surface area (Å²) in [6, 6.07) is 6.98. The Hall–Kier alpha value is -0.310.